The molecule has 2 aliphatic rings. The molecule has 0 radical (unpaired) electrons. The Labute approximate surface area is 214 Å². The number of fused-ring (bicyclic) bond motifs is 2. The Hall–Kier alpha value is -3.28. The van der Waals surface area contributed by atoms with Crippen LogP contribution in [0, 0.1) is 17.8 Å². The summed E-state index contributed by atoms with van der Waals surface area (Å²) in [4.78, 5) is 53.8. The van der Waals surface area contributed by atoms with Crippen LogP contribution in [0.2, 0.25) is 0 Å². The Kier molecular flexibility index (Phi) is 7.83. The van der Waals surface area contributed by atoms with Crippen molar-refractivity contribution in [2.45, 2.75) is 50.9 Å². The van der Waals surface area contributed by atoms with Crippen LogP contribution in [0.4, 0.5) is 0 Å². The van der Waals surface area contributed by atoms with Gasteiger partial charge in [0.05, 0.1) is 24.0 Å². The fourth-order valence-electron chi connectivity index (χ4n) is 5.67. The van der Waals surface area contributed by atoms with E-state index in [1.807, 2.05) is 0 Å². The molecule has 11 heteroatoms. The number of benzene rings is 1. The summed E-state index contributed by atoms with van der Waals surface area (Å²) in [7, 11) is 3.10. The number of ketones is 2. The Morgan fingerprint density at radius 2 is 1.84 bits per heavy atom. The number of carbonyl (C=O) groups is 4. The molecule has 0 heterocycles. The van der Waals surface area contributed by atoms with Crippen LogP contribution in [0.25, 0.3) is 5.76 Å². The number of amides is 1. The molecule has 6 N–H and O–H groups in total. The second kappa shape index (κ2) is 10.2. The highest BCUT2D eigenvalue weighted by Crippen LogP contribution is 2.54. The molecule has 7 atom stereocenters. The molecule has 3 rings (SSSR count). The van der Waals surface area contributed by atoms with E-state index in [2.05, 4.69) is 0 Å². The number of esters is 1. The zero-order valence-electron chi connectivity index (χ0n) is 21.5. The van der Waals surface area contributed by atoms with Crippen molar-refractivity contribution < 1.29 is 44.3 Å². The molecule has 11 nitrogen and oxygen atoms in total. The monoisotopic (exact) mass is 518 g/mol. The number of likely N-dealkylation sites (N-methyl/N-ethyl adjacent to an activating group) is 1. The maximum atomic E-state index is 14.1. The third kappa shape index (κ3) is 4.30. The lowest BCUT2D eigenvalue weighted by atomic mass is 9.55. The average molecular weight is 519 g/mol. The lowest BCUT2D eigenvalue weighted by Gasteiger charge is -2.53. The number of ether oxygens (including phenoxy) is 1. The van der Waals surface area contributed by atoms with E-state index in [-0.39, 0.29) is 17.7 Å². The summed E-state index contributed by atoms with van der Waals surface area (Å²) in [6.45, 7) is 3.73. The molecule has 1 fully saturated rings. The van der Waals surface area contributed by atoms with Crippen molar-refractivity contribution in [3.8, 4) is 5.75 Å². The SMILES string of the molecule is CCC(=O)O[C@@H]1C(C(CO)N(C)C)[C@@](O)(C(=O)C(C)C(N)=O)C(=O)C2=C(O)c3c(O)cccc3[C@H](C)[C@H]21. The average Bonchev–Trinajstić information content (AvgIpc) is 2.85. The number of hydrogen-bond donors (Lipinski definition) is 5. The van der Waals surface area contributed by atoms with Gasteiger partial charge in [-0.05, 0) is 38.6 Å². The van der Waals surface area contributed by atoms with Gasteiger partial charge in [-0.15, -0.1) is 0 Å². The molecule has 1 amide bonds. The van der Waals surface area contributed by atoms with Crippen molar-refractivity contribution in [1.82, 2.24) is 4.90 Å². The minimum absolute atomic E-state index is 0.0438. The number of phenols is 1. The molecule has 0 spiro atoms. The van der Waals surface area contributed by atoms with E-state index in [4.69, 9.17) is 10.5 Å². The highest BCUT2D eigenvalue weighted by atomic mass is 16.5. The van der Waals surface area contributed by atoms with Gasteiger partial charge in [0, 0.05) is 24.0 Å². The third-order valence-corrected chi connectivity index (χ3v) is 7.73. The van der Waals surface area contributed by atoms with Crippen molar-refractivity contribution in [3.05, 3.63) is 34.9 Å². The number of Topliss-reactive ketones (excluding diaryl/α,β-unsaturated/α-hetero) is 2. The zero-order valence-corrected chi connectivity index (χ0v) is 21.5. The number of hydrogen-bond acceptors (Lipinski definition) is 10. The Bertz CT molecular complexity index is 1160. The summed E-state index contributed by atoms with van der Waals surface area (Å²) < 4.78 is 5.79. The highest BCUT2D eigenvalue weighted by molar-refractivity contribution is 6.24. The maximum absolute atomic E-state index is 14.1. The van der Waals surface area contributed by atoms with Gasteiger partial charge in [0.25, 0.3) is 0 Å². The van der Waals surface area contributed by atoms with Gasteiger partial charge in [0.1, 0.15) is 17.6 Å². The molecule has 1 aromatic carbocycles. The minimum atomic E-state index is -3.01. The number of nitrogens with two attached hydrogens (primary N) is 1. The van der Waals surface area contributed by atoms with E-state index in [1.54, 1.807) is 40.1 Å². The highest BCUT2D eigenvalue weighted by Gasteiger charge is 2.67. The maximum Gasteiger partial charge on any atom is 0.305 e. The molecule has 0 aromatic heterocycles. The van der Waals surface area contributed by atoms with E-state index in [0.717, 1.165) is 6.92 Å². The fourth-order valence-corrected chi connectivity index (χ4v) is 5.67. The molecule has 202 valence electrons. The number of aromatic hydroxyl groups is 1. The van der Waals surface area contributed by atoms with Gasteiger partial charge in [-0.25, -0.2) is 0 Å². The first-order valence-corrected chi connectivity index (χ1v) is 12.1. The second-order valence-electron chi connectivity index (χ2n) is 9.95. The van der Waals surface area contributed by atoms with Crippen LogP contribution in [-0.4, -0.2) is 87.2 Å². The molecule has 0 aliphatic heterocycles. The third-order valence-electron chi connectivity index (χ3n) is 7.73. The van der Waals surface area contributed by atoms with Crippen molar-refractivity contribution in [3.63, 3.8) is 0 Å². The van der Waals surface area contributed by atoms with E-state index in [9.17, 15) is 39.6 Å². The number of aliphatic hydroxyl groups is 3. The predicted molar refractivity (Wildman–Crippen MR) is 131 cm³/mol. The molecule has 1 saturated carbocycles. The standard InChI is InChI=1S/C26H34N2O9/c1-6-16(31)37-22-17-11(2)13-8-7-9-15(30)18(13)21(32)19(17)24(34)26(36,23(33)12(3)25(27)35)20(22)14(10-29)28(4)5/h7-9,11-12,14,17,20,22,29-30,32,36H,6,10H2,1-5H3,(H2,27,35)/t11-,12?,14?,17+,20?,22-,26+/m0/s1. The Morgan fingerprint density at radius 3 is 2.35 bits per heavy atom. The number of phenolic OH excluding ortho intramolecular Hbond substituents is 1. The number of aliphatic hydroxyl groups excluding tert-OH is 2. The summed E-state index contributed by atoms with van der Waals surface area (Å²) >= 11 is 0. The zero-order chi connectivity index (χ0) is 28.0. The van der Waals surface area contributed by atoms with Crippen LogP contribution in [0.3, 0.4) is 0 Å². The molecule has 37 heavy (non-hydrogen) atoms. The molecule has 3 unspecified atom stereocenters. The van der Waals surface area contributed by atoms with Gasteiger partial charge in [-0.3, -0.25) is 19.2 Å². The van der Waals surface area contributed by atoms with Crippen LogP contribution < -0.4 is 5.73 Å². The normalized spacial score (nSPS) is 28.8. The molecule has 0 saturated heterocycles. The second-order valence-corrected chi connectivity index (χ2v) is 9.95. The number of rotatable bonds is 8. The molecule has 1 aromatic rings. The first kappa shape index (κ1) is 28.3. The van der Waals surface area contributed by atoms with Crippen molar-refractivity contribution >= 4 is 29.2 Å². The lowest BCUT2D eigenvalue weighted by Crippen LogP contribution is -2.70. The van der Waals surface area contributed by atoms with Gasteiger partial charge < -0.3 is 35.8 Å². The predicted octanol–water partition coefficient (Wildman–Crippen LogP) is 0.259. The van der Waals surface area contributed by atoms with Gasteiger partial charge >= 0.3 is 5.97 Å². The fraction of sp³-hybridized carbons (Fsp3) is 0.538. The van der Waals surface area contributed by atoms with Gasteiger partial charge in [0.2, 0.25) is 11.7 Å². The summed E-state index contributed by atoms with van der Waals surface area (Å²) in [5.41, 5.74) is 2.34. The first-order valence-electron chi connectivity index (χ1n) is 12.1. The van der Waals surface area contributed by atoms with Crippen molar-refractivity contribution in [2.24, 2.45) is 23.5 Å². The van der Waals surface area contributed by atoms with E-state index < -0.39 is 82.8 Å². The number of primary amides is 1. The Morgan fingerprint density at radius 1 is 1.22 bits per heavy atom. The van der Waals surface area contributed by atoms with Gasteiger partial charge in [-0.2, -0.15) is 0 Å². The van der Waals surface area contributed by atoms with E-state index in [1.165, 1.54) is 11.0 Å². The minimum Gasteiger partial charge on any atom is -0.507 e. The van der Waals surface area contributed by atoms with E-state index >= 15 is 0 Å². The van der Waals surface area contributed by atoms with E-state index in [0.29, 0.717) is 5.56 Å². The van der Waals surface area contributed by atoms with Crippen LogP contribution in [0.15, 0.2) is 23.8 Å². The number of carbonyl (C=O) groups excluding carboxylic acids is 4. The Balaban J connectivity index is 2.44. The molecule has 0 bridgehead atoms. The quantitative estimate of drug-likeness (QED) is 0.236. The largest absolute Gasteiger partial charge is 0.507 e. The van der Waals surface area contributed by atoms with Gasteiger partial charge in [-0.1, -0.05) is 26.0 Å². The number of nitrogens with zero attached hydrogens (tertiary/aromatic N) is 1. The van der Waals surface area contributed by atoms with Crippen LogP contribution in [0.1, 0.15) is 44.2 Å². The van der Waals surface area contributed by atoms with Crippen LogP contribution in [0.5, 0.6) is 5.75 Å². The lowest BCUT2D eigenvalue weighted by molar-refractivity contribution is -0.190. The summed E-state index contributed by atoms with van der Waals surface area (Å²) in [6, 6.07) is 3.42. The topological polar surface area (TPSA) is 188 Å². The van der Waals surface area contributed by atoms with Crippen molar-refractivity contribution in [1.29, 1.82) is 0 Å². The first-order chi connectivity index (χ1) is 17.2. The van der Waals surface area contributed by atoms with Crippen LogP contribution >= 0.6 is 0 Å². The smallest absolute Gasteiger partial charge is 0.305 e. The van der Waals surface area contributed by atoms with Gasteiger partial charge in [0.15, 0.2) is 11.4 Å². The molecular weight excluding hydrogens is 484 g/mol. The summed E-state index contributed by atoms with van der Waals surface area (Å²) in [6.07, 6.45) is -1.46. The van der Waals surface area contributed by atoms with Crippen LogP contribution in [-0.2, 0) is 23.9 Å². The molecule has 2 aliphatic carbocycles. The summed E-state index contributed by atoms with van der Waals surface area (Å²) in [5, 5.41) is 44.1. The summed E-state index contributed by atoms with van der Waals surface area (Å²) in [5.74, 6) is -10.1. The molecular formula is C26H34N2O9. The van der Waals surface area contributed by atoms with Crippen molar-refractivity contribution in [2.75, 3.05) is 20.7 Å².